The fourth-order valence-corrected chi connectivity index (χ4v) is 5.24. The number of fused-ring (bicyclic) bond motifs is 1. The Hall–Kier alpha value is -2.25. The highest BCUT2D eigenvalue weighted by Gasteiger charge is 2.25. The van der Waals surface area contributed by atoms with E-state index in [9.17, 15) is 4.79 Å². The number of thiazole rings is 1. The van der Waals surface area contributed by atoms with Crippen molar-refractivity contribution in [1.82, 2.24) is 9.88 Å². The van der Waals surface area contributed by atoms with Crippen molar-refractivity contribution in [2.75, 3.05) is 43.9 Å². The monoisotopic (exact) mass is 413 g/mol. The summed E-state index contributed by atoms with van der Waals surface area (Å²) in [5.74, 6) is 1.89. The van der Waals surface area contributed by atoms with E-state index >= 15 is 0 Å². The number of nitrogens with zero attached hydrogens (tertiary/aromatic N) is 3. The van der Waals surface area contributed by atoms with E-state index in [1.54, 1.807) is 30.2 Å². The fourth-order valence-electron chi connectivity index (χ4n) is 3.41. The molecule has 0 bridgehead atoms. The summed E-state index contributed by atoms with van der Waals surface area (Å²) >= 11 is 3.40. The highest BCUT2D eigenvalue weighted by molar-refractivity contribution is 7.99. The number of hydrogen-bond acceptors (Lipinski definition) is 6. The van der Waals surface area contributed by atoms with Crippen molar-refractivity contribution >= 4 is 44.4 Å². The maximum atomic E-state index is 13.0. The maximum Gasteiger partial charge on any atom is 0.255 e. The van der Waals surface area contributed by atoms with Crippen LogP contribution in [-0.2, 0) is 0 Å². The zero-order valence-corrected chi connectivity index (χ0v) is 17.7. The third-order valence-electron chi connectivity index (χ3n) is 4.85. The number of hydrogen-bond donors (Lipinski definition) is 0. The van der Waals surface area contributed by atoms with Crippen LogP contribution in [0.3, 0.4) is 0 Å². The number of rotatable bonds is 5. The smallest absolute Gasteiger partial charge is 0.255 e. The lowest BCUT2D eigenvalue weighted by Crippen LogP contribution is -2.48. The second kappa shape index (κ2) is 8.41. The van der Waals surface area contributed by atoms with Gasteiger partial charge in [0.25, 0.3) is 5.91 Å². The first-order valence-corrected chi connectivity index (χ1v) is 11.2. The van der Waals surface area contributed by atoms with E-state index in [4.69, 9.17) is 9.72 Å². The van der Waals surface area contributed by atoms with Gasteiger partial charge in [0.15, 0.2) is 5.13 Å². The molecule has 0 radical (unpaired) electrons. The molecular formula is C21H23N3O2S2. The Bertz CT molecular complexity index is 981. The molecule has 1 fully saturated rings. The summed E-state index contributed by atoms with van der Waals surface area (Å²) in [6, 6.07) is 13.9. The Morgan fingerprint density at radius 2 is 1.93 bits per heavy atom. The van der Waals surface area contributed by atoms with Gasteiger partial charge < -0.3 is 14.5 Å². The van der Waals surface area contributed by atoms with Gasteiger partial charge in [-0.2, -0.15) is 0 Å². The predicted molar refractivity (Wildman–Crippen MR) is 117 cm³/mol. The second-order valence-electron chi connectivity index (χ2n) is 6.51. The number of methoxy groups -OCH3 is 1. The van der Waals surface area contributed by atoms with Gasteiger partial charge in [-0.15, -0.1) is 11.8 Å². The molecule has 1 aliphatic heterocycles. The van der Waals surface area contributed by atoms with E-state index in [0.717, 1.165) is 50.4 Å². The Morgan fingerprint density at radius 1 is 1.14 bits per heavy atom. The summed E-state index contributed by atoms with van der Waals surface area (Å²) in [6.45, 7) is 5.10. The van der Waals surface area contributed by atoms with Gasteiger partial charge in [-0.3, -0.25) is 4.79 Å². The lowest BCUT2D eigenvalue weighted by Gasteiger charge is -2.34. The highest BCUT2D eigenvalue weighted by atomic mass is 32.2. The summed E-state index contributed by atoms with van der Waals surface area (Å²) in [5.41, 5.74) is 1.72. The van der Waals surface area contributed by atoms with Crippen LogP contribution in [-0.4, -0.2) is 54.8 Å². The van der Waals surface area contributed by atoms with Crippen LogP contribution in [0.4, 0.5) is 5.13 Å². The minimum atomic E-state index is 0.127. The zero-order valence-electron chi connectivity index (χ0n) is 16.1. The molecule has 7 heteroatoms. The van der Waals surface area contributed by atoms with Gasteiger partial charge in [0.1, 0.15) is 11.3 Å². The molecule has 1 aromatic heterocycles. The van der Waals surface area contributed by atoms with Crippen LogP contribution >= 0.6 is 23.1 Å². The van der Waals surface area contributed by atoms with E-state index in [1.165, 1.54) is 0 Å². The molecule has 0 saturated carbocycles. The van der Waals surface area contributed by atoms with Crippen LogP contribution in [0.25, 0.3) is 10.2 Å². The number of thioether (sulfide) groups is 1. The quantitative estimate of drug-likeness (QED) is 0.581. The zero-order chi connectivity index (χ0) is 19.5. The normalized spacial score (nSPS) is 14.5. The minimum Gasteiger partial charge on any atom is -0.494 e. The predicted octanol–water partition coefficient (Wildman–Crippen LogP) is 4.38. The molecule has 1 amide bonds. The number of carbonyl (C=O) groups excluding carboxylic acids is 1. The SMILES string of the molecule is CCSc1ccccc1C(=O)N1CCN(c2nc3c(OC)cccc3s2)CC1. The standard InChI is InChI=1S/C21H23N3O2S2/c1-3-27-17-9-5-4-7-15(17)20(25)23-11-13-24(14-12-23)21-22-19-16(26-2)8-6-10-18(19)28-21/h4-10H,3,11-14H2,1-2H3. The molecule has 1 saturated heterocycles. The van der Waals surface area contributed by atoms with E-state index < -0.39 is 0 Å². The van der Waals surface area contributed by atoms with Gasteiger partial charge in [-0.25, -0.2) is 4.98 Å². The first kappa shape index (κ1) is 19.1. The van der Waals surface area contributed by atoms with Crippen molar-refractivity contribution in [2.24, 2.45) is 0 Å². The van der Waals surface area contributed by atoms with Crippen LogP contribution in [0, 0.1) is 0 Å². The summed E-state index contributed by atoms with van der Waals surface area (Å²) < 4.78 is 6.55. The van der Waals surface area contributed by atoms with Crippen molar-refractivity contribution in [3.63, 3.8) is 0 Å². The molecule has 1 aliphatic rings. The molecule has 0 N–H and O–H groups in total. The van der Waals surface area contributed by atoms with Gasteiger partial charge in [-0.1, -0.05) is 36.5 Å². The van der Waals surface area contributed by atoms with Gasteiger partial charge in [0.2, 0.25) is 0 Å². The Morgan fingerprint density at radius 3 is 2.68 bits per heavy atom. The van der Waals surface area contributed by atoms with E-state index in [0.29, 0.717) is 13.1 Å². The van der Waals surface area contributed by atoms with Gasteiger partial charge >= 0.3 is 0 Å². The number of aromatic nitrogens is 1. The Balaban J connectivity index is 1.47. The third kappa shape index (κ3) is 3.69. The number of ether oxygens (including phenoxy) is 1. The van der Waals surface area contributed by atoms with Crippen molar-refractivity contribution < 1.29 is 9.53 Å². The largest absolute Gasteiger partial charge is 0.494 e. The molecule has 4 rings (SSSR count). The van der Waals surface area contributed by atoms with Crippen LogP contribution in [0.2, 0.25) is 0 Å². The van der Waals surface area contributed by atoms with Gasteiger partial charge in [-0.05, 0) is 30.0 Å². The Labute approximate surface area is 173 Å². The topological polar surface area (TPSA) is 45.7 Å². The van der Waals surface area contributed by atoms with E-state index in [2.05, 4.69) is 17.9 Å². The van der Waals surface area contributed by atoms with Gasteiger partial charge in [0.05, 0.1) is 17.4 Å². The molecule has 0 atom stereocenters. The van der Waals surface area contributed by atoms with Crippen molar-refractivity contribution in [3.05, 3.63) is 48.0 Å². The molecule has 2 heterocycles. The van der Waals surface area contributed by atoms with Crippen molar-refractivity contribution in [1.29, 1.82) is 0 Å². The molecule has 146 valence electrons. The summed E-state index contributed by atoms with van der Waals surface area (Å²) in [6.07, 6.45) is 0. The maximum absolute atomic E-state index is 13.0. The van der Waals surface area contributed by atoms with Crippen LogP contribution in [0.5, 0.6) is 5.75 Å². The molecule has 0 unspecified atom stereocenters. The molecule has 28 heavy (non-hydrogen) atoms. The first-order chi connectivity index (χ1) is 13.7. The van der Waals surface area contributed by atoms with Gasteiger partial charge in [0, 0.05) is 31.1 Å². The summed E-state index contributed by atoms with van der Waals surface area (Å²) in [5, 5.41) is 0.994. The fraction of sp³-hybridized carbons (Fsp3) is 0.333. The van der Waals surface area contributed by atoms with Crippen molar-refractivity contribution in [2.45, 2.75) is 11.8 Å². The lowest BCUT2D eigenvalue weighted by atomic mass is 10.2. The number of para-hydroxylation sites is 1. The summed E-state index contributed by atoms with van der Waals surface area (Å²) in [4.78, 5) is 23.1. The number of piperazine rings is 1. The average Bonchev–Trinajstić information content (AvgIpc) is 3.18. The molecular weight excluding hydrogens is 390 g/mol. The Kier molecular flexibility index (Phi) is 5.73. The molecule has 0 spiro atoms. The average molecular weight is 414 g/mol. The summed E-state index contributed by atoms with van der Waals surface area (Å²) in [7, 11) is 1.67. The van der Waals surface area contributed by atoms with Crippen LogP contribution in [0.15, 0.2) is 47.4 Å². The lowest BCUT2D eigenvalue weighted by molar-refractivity contribution is 0.0743. The van der Waals surface area contributed by atoms with Crippen molar-refractivity contribution in [3.8, 4) is 5.75 Å². The van der Waals surface area contributed by atoms with Crippen LogP contribution in [0.1, 0.15) is 17.3 Å². The minimum absolute atomic E-state index is 0.127. The number of benzene rings is 2. The number of anilines is 1. The number of amides is 1. The highest BCUT2D eigenvalue weighted by Crippen LogP contribution is 2.34. The van der Waals surface area contributed by atoms with E-state index in [-0.39, 0.29) is 5.91 Å². The third-order valence-corrected chi connectivity index (χ3v) is 6.88. The first-order valence-electron chi connectivity index (χ1n) is 9.41. The molecule has 2 aromatic carbocycles. The number of carbonyl (C=O) groups is 1. The van der Waals surface area contributed by atoms with Crippen LogP contribution < -0.4 is 9.64 Å². The van der Waals surface area contributed by atoms with E-state index in [1.807, 2.05) is 41.3 Å². The molecule has 0 aliphatic carbocycles. The second-order valence-corrected chi connectivity index (χ2v) is 8.83. The molecule has 5 nitrogen and oxygen atoms in total. The molecule has 3 aromatic rings.